The largest absolute Gasteiger partial charge is 4.00 e. The molecule has 0 heterocycles. The van der Waals surface area contributed by atoms with E-state index in [9.17, 15) is 20.4 Å². The molecule has 0 aromatic rings. The molecule has 0 saturated carbocycles. The van der Waals surface area contributed by atoms with E-state index in [-0.39, 0.29) is 11.0 Å². The summed E-state index contributed by atoms with van der Waals surface area (Å²) in [7, 11) is 0. The molecule has 0 aliphatic rings. The maximum Gasteiger partial charge on any atom is 4.00 e. The van der Waals surface area contributed by atoms with E-state index in [0.29, 0.717) is 23.7 Å². The Morgan fingerprint density at radius 2 is 0.485 bits per heavy atom. The predicted molar refractivity (Wildman–Crippen MR) is 140 cm³/mol. The van der Waals surface area contributed by atoms with E-state index >= 15 is 0 Å². The average Bonchev–Trinajstić information content (AvgIpc) is 2.63. The maximum absolute atomic E-state index is 11.0. The Morgan fingerprint density at radius 1 is 0.394 bits per heavy atom. The van der Waals surface area contributed by atoms with E-state index in [1.165, 1.54) is 0 Å². The standard InChI is InChI=1S/4C7H15O.Si/c4*1-5-6(2)7(3,4)8;/h4*6H,5H2,1-4H3;/q4*-1;+4. The molecule has 0 fully saturated rings. The Balaban J connectivity index is -0.000000105. The molecule has 0 aliphatic heterocycles. The van der Waals surface area contributed by atoms with Crippen LogP contribution < -0.4 is 20.4 Å². The second kappa shape index (κ2) is 19.3. The third kappa shape index (κ3) is 28.2. The van der Waals surface area contributed by atoms with Gasteiger partial charge in [0.1, 0.15) is 0 Å². The molecule has 0 aromatic heterocycles. The summed E-state index contributed by atoms with van der Waals surface area (Å²) in [4.78, 5) is 0. The molecule has 4 nitrogen and oxygen atoms in total. The van der Waals surface area contributed by atoms with Crippen LogP contribution in [0.25, 0.3) is 0 Å². The second-order valence-corrected chi connectivity index (χ2v) is 11.7. The molecule has 0 N–H and O–H groups in total. The molecule has 0 rings (SSSR count). The Kier molecular flexibility index (Phi) is 25.2. The summed E-state index contributed by atoms with van der Waals surface area (Å²) in [5.41, 5.74) is -2.97. The monoisotopic (exact) mass is 488 g/mol. The molecule has 33 heavy (non-hydrogen) atoms. The summed E-state index contributed by atoms with van der Waals surface area (Å²) in [5.74, 6) is 1.18. The van der Waals surface area contributed by atoms with Crippen LogP contribution in [0.4, 0.5) is 0 Å². The molecule has 0 saturated heterocycles. The van der Waals surface area contributed by atoms with Gasteiger partial charge in [-0.15, -0.1) is 22.4 Å². The van der Waals surface area contributed by atoms with Crippen LogP contribution in [-0.2, 0) is 0 Å². The molecule has 0 amide bonds. The first-order valence-corrected chi connectivity index (χ1v) is 12.7. The Bertz CT molecular complexity index is 332. The van der Waals surface area contributed by atoms with Gasteiger partial charge in [-0.05, 0) is 0 Å². The van der Waals surface area contributed by atoms with Crippen LogP contribution in [-0.4, -0.2) is 33.4 Å². The number of hydrogen-bond acceptors (Lipinski definition) is 4. The third-order valence-corrected chi connectivity index (χ3v) is 7.20. The van der Waals surface area contributed by atoms with Gasteiger partial charge in [-0.2, -0.15) is 0 Å². The summed E-state index contributed by atoms with van der Waals surface area (Å²) in [5, 5.41) is 44.1. The van der Waals surface area contributed by atoms with Gasteiger partial charge in [-0.1, -0.05) is 160 Å². The fourth-order valence-electron chi connectivity index (χ4n) is 1.97. The number of rotatable bonds is 8. The summed E-state index contributed by atoms with van der Waals surface area (Å²) in [6.45, 7) is 30.1. The molecule has 0 radical (unpaired) electrons. The van der Waals surface area contributed by atoms with Gasteiger partial charge in [-0.25, -0.2) is 0 Å². The van der Waals surface area contributed by atoms with Crippen molar-refractivity contribution in [3.8, 4) is 0 Å². The van der Waals surface area contributed by atoms with Crippen molar-refractivity contribution in [1.82, 2.24) is 0 Å². The van der Waals surface area contributed by atoms with Crippen molar-refractivity contribution in [2.24, 2.45) is 23.7 Å². The van der Waals surface area contributed by atoms with Crippen LogP contribution in [0.2, 0.25) is 0 Å². The summed E-state index contributed by atoms with van der Waals surface area (Å²) in [6.07, 6.45) is 3.93. The van der Waals surface area contributed by atoms with Gasteiger partial charge in [0.05, 0.1) is 0 Å². The zero-order chi connectivity index (χ0) is 27.1. The van der Waals surface area contributed by atoms with Crippen molar-refractivity contribution in [1.29, 1.82) is 0 Å². The second-order valence-electron chi connectivity index (χ2n) is 11.7. The molecule has 5 heteroatoms. The summed E-state index contributed by atoms with van der Waals surface area (Å²) in [6, 6.07) is 0. The first-order valence-electron chi connectivity index (χ1n) is 12.7. The normalized spacial score (nSPS) is 15.6. The van der Waals surface area contributed by atoms with Gasteiger partial charge in [0.2, 0.25) is 0 Å². The van der Waals surface area contributed by atoms with Gasteiger partial charge < -0.3 is 20.4 Å². The van der Waals surface area contributed by atoms with Crippen molar-refractivity contribution in [3.63, 3.8) is 0 Å². The van der Waals surface area contributed by atoms with Crippen molar-refractivity contribution in [2.45, 2.75) is 159 Å². The van der Waals surface area contributed by atoms with Crippen molar-refractivity contribution >= 4 is 11.0 Å². The van der Waals surface area contributed by atoms with Crippen molar-refractivity contribution in [2.75, 3.05) is 0 Å². The number of hydrogen-bond donors (Lipinski definition) is 0. The van der Waals surface area contributed by atoms with Crippen LogP contribution in [0.1, 0.15) is 136 Å². The molecular weight excluding hydrogens is 428 g/mol. The van der Waals surface area contributed by atoms with E-state index in [4.69, 9.17) is 0 Å². The minimum atomic E-state index is -0.741. The first-order chi connectivity index (χ1) is 13.9. The Morgan fingerprint density at radius 3 is 0.485 bits per heavy atom. The smallest absolute Gasteiger partial charge is 0.850 e. The van der Waals surface area contributed by atoms with Gasteiger partial charge in [0.15, 0.2) is 0 Å². The average molecular weight is 489 g/mol. The van der Waals surface area contributed by atoms with Gasteiger partial charge in [0.25, 0.3) is 0 Å². The zero-order valence-electron chi connectivity index (χ0n) is 25.3. The van der Waals surface area contributed by atoms with E-state index in [2.05, 4.69) is 0 Å². The molecule has 0 aliphatic carbocycles. The minimum Gasteiger partial charge on any atom is -0.850 e. The fourth-order valence-corrected chi connectivity index (χ4v) is 1.97. The van der Waals surface area contributed by atoms with E-state index in [1.54, 1.807) is 55.4 Å². The van der Waals surface area contributed by atoms with Gasteiger partial charge >= 0.3 is 11.0 Å². The maximum atomic E-state index is 11.0. The van der Waals surface area contributed by atoms with Crippen LogP contribution in [0.3, 0.4) is 0 Å². The molecule has 200 valence electrons. The van der Waals surface area contributed by atoms with Gasteiger partial charge in [-0.3, -0.25) is 0 Å². The van der Waals surface area contributed by atoms with Crippen LogP contribution in [0.5, 0.6) is 0 Å². The molecule has 0 aromatic carbocycles. The Hall–Kier alpha value is 0.0569. The van der Waals surface area contributed by atoms with Crippen molar-refractivity contribution in [3.05, 3.63) is 0 Å². The van der Waals surface area contributed by atoms with Crippen LogP contribution in [0, 0.1) is 23.7 Å². The molecule has 0 spiro atoms. The molecule has 4 unspecified atom stereocenters. The molecule has 4 atom stereocenters. The van der Waals surface area contributed by atoms with Crippen LogP contribution in [0.15, 0.2) is 0 Å². The third-order valence-electron chi connectivity index (χ3n) is 7.20. The zero-order valence-corrected chi connectivity index (χ0v) is 26.3. The van der Waals surface area contributed by atoms with Gasteiger partial charge in [0, 0.05) is 0 Å². The van der Waals surface area contributed by atoms with E-state index in [1.807, 2.05) is 55.4 Å². The van der Waals surface area contributed by atoms with E-state index in [0.717, 1.165) is 25.7 Å². The minimum absolute atomic E-state index is 0. The molecular formula is C28H60O4Si. The summed E-state index contributed by atoms with van der Waals surface area (Å²) < 4.78 is 0. The molecule has 0 bridgehead atoms. The fraction of sp³-hybridized carbons (Fsp3) is 1.00. The van der Waals surface area contributed by atoms with Crippen molar-refractivity contribution < 1.29 is 20.4 Å². The Labute approximate surface area is 214 Å². The van der Waals surface area contributed by atoms with E-state index < -0.39 is 22.4 Å². The predicted octanol–water partition coefficient (Wildman–Crippen LogP) is 4.30. The SMILES string of the molecule is CCC(C)C(C)(C)[O-].CCC(C)C(C)(C)[O-].CCC(C)C(C)(C)[O-].CCC(C)C(C)(C)[O-].[Si+4]. The first kappa shape index (κ1) is 43.2. The topological polar surface area (TPSA) is 92.2 Å². The summed E-state index contributed by atoms with van der Waals surface area (Å²) >= 11 is 0. The van der Waals surface area contributed by atoms with Crippen LogP contribution >= 0.6 is 0 Å². The quantitative estimate of drug-likeness (QED) is 0.476.